The van der Waals surface area contributed by atoms with Gasteiger partial charge in [-0.2, -0.15) is 0 Å². The van der Waals surface area contributed by atoms with Crippen LogP contribution < -0.4 is 10.1 Å². The zero-order valence-electron chi connectivity index (χ0n) is 13.2. The molecule has 6 heteroatoms. The molecule has 5 nitrogen and oxygen atoms in total. The first-order valence-corrected chi connectivity index (χ1v) is 7.99. The van der Waals surface area contributed by atoms with Gasteiger partial charge in [-0.1, -0.05) is 0 Å². The van der Waals surface area contributed by atoms with Crippen LogP contribution in [0.3, 0.4) is 0 Å². The minimum absolute atomic E-state index is 0.208. The van der Waals surface area contributed by atoms with E-state index in [9.17, 15) is 9.59 Å². The average Bonchev–Trinajstić information content (AvgIpc) is 3.04. The fourth-order valence-electron chi connectivity index (χ4n) is 2.27. The lowest BCUT2D eigenvalue weighted by Gasteiger charge is -2.06. The number of hydrogen-bond acceptors (Lipinski definition) is 5. The molecule has 0 aliphatic heterocycles. The Morgan fingerprint density at radius 2 is 1.75 bits per heavy atom. The molecule has 0 aliphatic rings. The van der Waals surface area contributed by atoms with Gasteiger partial charge in [-0.05, 0) is 53.9 Å². The number of amides is 1. The summed E-state index contributed by atoms with van der Waals surface area (Å²) in [5, 5.41) is 3.73. The van der Waals surface area contributed by atoms with Crippen LogP contribution in [-0.2, 0) is 4.74 Å². The third-order valence-electron chi connectivity index (χ3n) is 3.51. The summed E-state index contributed by atoms with van der Waals surface area (Å²) in [4.78, 5) is 24.4. The predicted octanol–water partition coefficient (Wildman–Crippen LogP) is 3.95. The molecule has 2 aromatic carbocycles. The Morgan fingerprint density at radius 1 is 1.00 bits per heavy atom. The van der Waals surface area contributed by atoms with Crippen LogP contribution >= 0.6 is 11.3 Å². The molecule has 1 N–H and O–H groups in total. The van der Waals surface area contributed by atoms with E-state index in [4.69, 9.17) is 9.47 Å². The number of hydrogen-bond donors (Lipinski definition) is 1. The number of thiophene rings is 1. The van der Waals surface area contributed by atoms with Crippen LogP contribution in [0.1, 0.15) is 20.0 Å². The normalized spacial score (nSPS) is 10.4. The zero-order valence-corrected chi connectivity index (χ0v) is 14.0. The fraction of sp³-hybridized carbons (Fsp3) is 0.111. The van der Waals surface area contributed by atoms with Crippen molar-refractivity contribution in [3.05, 3.63) is 59.0 Å². The van der Waals surface area contributed by atoms with E-state index in [1.165, 1.54) is 18.4 Å². The number of nitrogens with one attached hydrogen (secondary N) is 1. The van der Waals surface area contributed by atoms with Gasteiger partial charge in [0.2, 0.25) is 0 Å². The minimum Gasteiger partial charge on any atom is -0.497 e. The van der Waals surface area contributed by atoms with Crippen molar-refractivity contribution in [3.63, 3.8) is 0 Å². The molecule has 3 rings (SSSR count). The lowest BCUT2D eigenvalue weighted by atomic mass is 10.2. The quantitative estimate of drug-likeness (QED) is 0.730. The van der Waals surface area contributed by atoms with Gasteiger partial charge in [-0.15, -0.1) is 11.3 Å². The third kappa shape index (κ3) is 3.23. The van der Waals surface area contributed by atoms with E-state index < -0.39 is 0 Å². The van der Waals surface area contributed by atoms with E-state index in [2.05, 4.69) is 5.32 Å². The van der Waals surface area contributed by atoms with Crippen LogP contribution in [0.25, 0.3) is 10.1 Å². The van der Waals surface area contributed by atoms with Gasteiger partial charge in [-0.25, -0.2) is 4.79 Å². The summed E-state index contributed by atoms with van der Waals surface area (Å²) in [5.41, 5.74) is 1.20. The monoisotopic (exact) mass is 341 g/mol. The summed E-state index contributed by atoms with van der Waals surface area (Å²) < 4.78 is 10.8. The van der Waals surface area contributed by atoms with Crippen LogP contribution in [-0.4, -0.2) is 26.1 Å². The summed E-state index contributed by atoms with van der Waals surface area (Å²) >= 11 is 1.36. The highest BCUT2D eigenvalue weighted by Gasteiger charge is 2.12. The molecular formula is C18H15NO4S. The van der Waals surface area contributed by atoms with E-state index in [0.717, 1.165) is 10.1 Å². The maximum atomic E-state index is 12.3. The minimum atomic E-state index is -0.361. The number of rotatable bonds is 4. The van der Waals surface area contributed by atoms with E-state index in [1.807, 2.05) is 12.1 Å². The van der Waals surface area contributed by atoms with Crippen LogP contribution in [0.4, 0.5) is 5.69 Å². The van der Waals surface area contributed by atoms with Crippen molar-refractivity contribution in [1.29, 1.82) is 0 Å². The number of carbonyl (C=O) groups excluding carboxylic acids is 2. The average molecular weight is 341 g/mol. The van der Waals surface area contributed by atoms with E-state index in [0.29, 0.717) is 21.9 Å². The number of ether oxygens (including phenoxy) is 2. The molecule has 1 amide bonds. The Kier molecular flexibility index (Phi) is 4.48. The first kappa shape index (κ1) is 16.0. The summed E-state index contributed by atoms with van der Waals surface area (Å²) in [6, 6.07) is 14.1. The maximum absolute atomic E-state index is 12.3. The van der Waals surface area contributed by atoms with Crippen LogP contribution in [0.5, 0.6) is 5.75 Å². The summed E-state index contributed by atoms with van der Waals surface area (Å²) in [6.07, 6.45) is 0. The van der Waals surface area contributed by atoms with Gasteiger partial charge in [0.05, 0.1) is 14.2 Å². The number of methoxy groups -OCH3 is 2. The van der Waals surface area contributed by atoms with Gasteiger partial charge < -0.3 is 14.8 Å². The number of benzene rings is 2. The lowest BCUT2D eigenvalue weighted by molar-refractivity contribution is 0.0606. The second kappa shape index (κ2) is 6.72. The number of anilines is 1. The van der Waals surface area contributed by atoms with Crippen molar-refractivity contribution in [3.8, 4) is 5.75 Å². The largest absolute Gasteiger partial charge is 0.497 e. The number of esters is 1. The van der Waals surface area contributed by atoms with E-state index in [1.54, 1.807) is 43.5 Å². The predicted molar refractivity (Wildman–Crippen MR) is 94.1 cm³/mol. The molecule has 24 heavy (non-hydrogen) atoms. The van der Waals surface area contributed by atoms with Crippen molar-refractivity contribution in [2.45, 2.75) is 0 Å². The first-order chi connectivity index (χ1) is 11.6. The maximum Gasteiger partial charge on any atom is 0.348 e. The van der Waals surface area contributed by atoms with Crippen LogP contribution in [0.2, 0.25) is 0 Å². The SMILES string of the molecule is COC(=O)c1cc2cc(NC(=O)c3ccc(OC)cc3)ccc2s1. The molecule has 3 aromatic rings. The van der Waals surface area contributed by atoms with Gasteiger partial charge in [0.15, 0.2) is 0 Å². The molecule has 0 aliphatic carbocycles. The van der Waals surface area contributed by atoms with Crippen molar-refractivity contribution in [2.75, 3.05) is 19.5 Å². The standard InChI is InChI=1S/C18H15NO4S/c1-22-14-6-3-11(4-7-14)17(20)19-13-5-8-15-12(9-13)10-16(24-15)18(21)23-2/h3-10H,1-2H3,(H,19,20). The first-order valence-electron chi connectivity index (χ1n) is 7.18. The smallest absolute Gasteiger partial charge is 0.348 e. The molecular weight excluding hydrogens is 326 g/mol. The van der Waals surface area contributed by atoms with E-state index in [-0.39, 0.29) is 11.9 Å². The summed E-state index contributed by atoms with van der Waals surface area (Å²) in [7, 11) is 2.93. The van der Waals surface area contributed by atoms with Crippen LogP contribution in [0, 0.1) is 0 Å². The van der Waals surface area contributed by atoms with Crippen molar-refractivity contribution in [1.82, 2.24) is 0 Å². The van der Waals surface area contributed by atoms with Crippen LogP contribution in [0.15, 0.2) is 48.5 Å². The Labute approximate surface area is 142 Å². The molecule has 0 bridgehead atoms. The topological polar surface area (TPSA) is 64.6 Å². The molecule has 0 radical (unpaired) electrons. The Hall–Kier alpha value is -2.86. The molecule has 1 aromatic heterocycles. The molecule has 122 valence electrons. The van der Waals surface area contributed by atoms with Crippen molar-refractivity contribution in [2.24, 2.45) is 0 Å². The zero-order chi connectivity index (χ0) is 17.1. The van der Waals surface area contributed by atoms with Crippen molar-refractivity contribution < 1.29 is 19.1 Å². The van der Waals surface area contributed by atoms with Gasteiger partial charge in [-0.3, -0.25) is 4.79 Å². The second-order valence-corrected chi connectivity index (χ2v) is 6.12. The molecule has 0 atom stereocenters. The molecule has 0 unspecified atom stereocenters. The highest BCUT2D eigenvalue weighted by Crippen LogP contribution is 2.28. The molecule has 0 fully saturated rings. The highest BCUT2D eigenvalue weighted by molar-refractivity contribution is 7.20. The summed E-state index contributed by atoms with van der Waals surface area (Å²) in [6.45, 7) is 0. The molecule has 0 spiro atoms. The highest BCUT2D eigenvalue weighted by atomic mass is 32.1. The summed E-state index contributed by atoms with van der Waals surface area (Å²) in [5.74, 6) is 0.127. The Balaban J connectivity index is 1.81. The molecule has 0 saturated carbocycles. The van der Waals surface area contributed by atoms with Gasteiger partial charge >= 0.3 is 5.97 Å². The lowest BCUT2D eigenvalue weighted by Crippen LogP contribution is -2.11. The fourth-order valence-corrected chi connectivity index (χ4v) is 3.23. The number of carbonyl (C=O) groups is 2. The Bertz CT molecular complexity index is 899. The number of fused-ring (bicyclic) bond motifs is 1. The third-order valence-corrected chi connectivity index (χ3v) is 4.61. The second-order valence-electron chi connectivity index (χ2n) is 5.04. The van der Waals surface area contributed by atoms with Gasteiger partial charge in [0.25, 0.3) is 5.91 Å². The molecule has 1 heterocycles. The van der Waals surface area contributed by atoms with Gasteiger partial charge in [0.1, 0.15) is 10.6 Å². The molecule has 0 saturated heterocycles. The van der Waals surface area contributed by atoms with Gasteiger partial charge in [0, 0.05) is 16.0 Å². The van der Waals surface area contributed by atoms with E-state index >= 15 is 0 Å². The Morgan fingerprint density at radius 3 is 2.42 bits per heavy atom. The van der Waals surface area contributed by atoms with Crippen molar-refractivity contribution >= 4 is 39.0 Å².